The van der Waals surface area contributed by atoms with E-state index in [2.05, 4.69) is 4.90 Å². The Hall–Kier alpha value is -2.81. The van der Waals surface area contributed by atoms with Gasteiger partial charge in [0.05, 0.1) is 36.5 Å². The molecule has 154 valence electrons. The molecular weight excluding hydrogens is 398 g/mol. The van der Waals surface area contributed by atoms with Crippen LogP contribution in [0.3, 0.4) is 0 Å². The standard InChI is InChI=1S/C22H23N5O2S/c1-15-6-5-7-16(2)19(15)27-20(28)17-8-3-4-9-18(17)26-21(27)23-25(22(26)30)14-24-10-12-29-13-11-24/h3-9H,10-14H2,1-2H3. The minimum Gasteiger partial charge on any atom is -0.379 e. The predicted molar refractivity (Wildman–Crippen MR) is 119 cm³/mol. The molecule has 2 aromatic carbocycles. The smallest absolute Gasteiger partial charge is 0.267 e. The Labute approximate surface area is 178 Å². The molecule has 0 bridgehead atoms. The molecule has 1 aliphatic heterocycles. The minimum absolute atomic E-state index is 0.0889. The van der Waals surface area contributed by atoms with Crippen LogP contribution in [0.5, 0.6) is 0 Å². The van der Waals surface area contributed by atoms with E-state index in [1.165, 1.54) is 0 Å². The number of aryl methyl sites for hydroxylation is 2. The minimum atomic E-state index is -0.0889. The third kappa shape index (κ3) is 2.99. The number of aromatic nitrogens is 4. The molecule has 0 N–H and O–H groups in total. The molecule has 1 saturated heterocycles. The molecule has 8 heteroatoms. The number of ether oxygens (including phenoxy) is 1. The van der Waals surface area contributed by atoms with E-state index >= 15 is 0 Å². The third-order valence-electron chi connectivity index (χ3n) is 5.70. The first-order valence-corrected chi connectivity index (χ1v) is 10.5. The van der Waals surface area contributed by atoms with Gasteiger partial charge in [0.15, 0.2) is 0 Å². The van der Waals surface area contributed by atoms with Crippen LogP contribution in [-0.2, 0) is 11.4 Å². The average molecular weight is 422 g/mol. The van der Waals surface area contributed by atoms with Crippen molar-refractivity contribution in [3.05, 3.63) is 68.7 Å². The number of hydrogen-bond acceptors (Lipinski definition) is 5. The number of morpholine rings is 1. The highest BCUT2D eigenvalue weighted by atomic mass is 32.1. The first-order valence-electron chi connectivity index (χ1n) is 10.1. The van der Waals surface area contributed by atoms with Gasteiger partial charge in [-0.1, -0.05) is 30.3 Å². The lowest BCUT2D eigenvalue weighted by Gasteiger charge is -2.25. The molecule has 3 heterocycles. The van der Waals surface area contributed by atoms with Gasteiger partial charge in [-0.3, -0.25) is 14.1 Å². The molecule has 1 fully saturated rings. The molecule has 5 rings (SSSR count). The highest BCUT2D eigenvalue weighted by molar-refractivity contribution is 7.71. The van der Waals surface area contributed by atoms with Gasteiger partial charge in [-0.05, 0) is 49.3 Å². The monoisotopic (exact) mass is 421 g/mol. The van der Waals surface area contributed by atoms with Gasteiger partial charge in [-0.25, -0.2) is 9.25 Å². The number of rotatable bonds is 3. The lowest BCUT2D eigenvalue weighted by atomic mass is 10.1. The van der Waals surface area contributed by atoms with Gasteiger partial charge >= 0.3 is 0 Å². The molecule has 0 atom stereocenters. The SMILES string of the molecule is Cc1cccc(C)c1-n1c(=O)c2ccccc2n2c(=S)n(CN3CCOCC3)nc12. The van der Waals surface area contributed by atoms with Crippen LogP contribution in [-0.4, -0.2) is 50.0 Å². The van der Waals surface area contributed by atoms with Gasteiger partial charge in [0.25, 0.3) is 5.56 Å². The van der Waals surface area contributed by atoms with Crippen LogP contribution >= 0.6 is 12.2 Å². The molecule has 7 nitrogen and oxygen atoms in total. The second-order valence-corrected chi connectivity index (χ2v) is 8.05. The largest absolute Gasteiger partial charge is 0.379 e. The highest BCUT2D eigenvalue weighted by Crippen LogP contribution is 2.22. The topological polar surface area (TPSA) is 56.7 Å². The molecular formula is C22H23N5O2S. The summed E-state index contributed by atoms with van der Waals surface area (Å²) in [4.78, 5) is 15.9. The number of para-hydroxylation sites is 2. The van der Waals surface area contributed by atoms with Crippen LogP contribution in [0.2, 0.25) is 0 Å². The van der Waals surface area contributed by atoms with E-state index in [0.717, 1.165) is 35.4 Å². The number of nitrogens with zero attached hydrogens (tertiary/aromatic N) is 5. The van der Waals surface area contributed by atoms with Crippen molar-refractivity contribution in [2.45, 2.75) is 20.5 Å². The molecule has 2 aromatic heterocycles. The molecule has 0 radical (unpaired) electrons. The Morgan fingerprint density at radius 3 is 2.47 bits per heavy atom. The summed E-state index contributed by atoms with van der Waals surface area (Å²) in [6, 6.07) is 13.6. The fraction of sp³-hybridized carbons (Fsp3) is 0.318. The van der Waals surface area contributed by atoms with E-state index in [0.29, 0.717) is 35.8 Å². The van der Waals surface area contributed by atoms with Crippen LogP contribution in [0.1, 0.15) is 11.1 Å². The van der Waals surface area contributed by atoms with Crippen molar-refractivity contribution in [3.8, 4) is 5.69 Å². The van der Waals surface area contributed by atoms with Gasteiger partial charge in [0.1, 0.15) is 0 Å². The Morgan fingerprint density at radius 1 is 1.03 bits per heavy atom. The normalized spacial score (nSPS) is 15.3. The summed E-state index contributed by atoms with van der Waals surface area (Å²) >= 11 is 5.83. The Bertz CT molecular complexity index is 1360. The van der Waals surface area contributed by atoms with E-state index in [-0.39, 0.29) is 5.56 Å². The van der Waals surface area contributed by atoms with Crippen molar-refractivity contribution in [3.63, 3.8) is 0 Å². The van der Waals surface area contributed by atoms with Crippen LogP contribution in [0, 0.1) is 18.6 Å². The zero-order valence-corrected chi connectivity index (χ0v) is 17.9. The van der Waals surface area contributed by atoms with Gasteiger partial charge in [0, 0.05) is 13.1 Å². The molecule has 1 aliphatic rings. The highest BCUT2D eigenvalue weighted by Gasteiger charge is 2.20. The second kappa shape index (κ2) is 7.46. The quantitative estimate of drug-likeness (QED) is 0.476. The molecule has 0 saturated carbocycles. The van der Waals surface area contributed by atoms with E-state index in [4.69, 9.17) is 22.1 Å². The Kier molecular flexibility index (Phi) is 4.77. The fourth-order valence-corrected chi connectivity index (χ4v) is 4.48. The van der Waals surface area contributed by atoms with E-state index in [1.807, 2.05) is 65.4 Å². The lowest BCUT2D eigenvalue weighted by molar-refractivity contribution is 0.0210. The number of hydrogen-bond donors (Lipinski definition) is 0. The zero-order chi connectivity index (χ0) is 20.8. The van der Waals surface area contributed by atoms with Crippen molar-refractivity contribution in [2.24, 2.45) is 0 Å². The Morgan fingerprint density at radius 2 is 1.73 bits per heavy atom. The predicted octanol–water partition coefficient (Wildman–Crippen LogP) is 3.08. The summed E-state index contributed by atoms with van der Waals surface area (Å²) in [5.41, 5.74) is 3.58. The van der Waals surface area contributed by atoms with Crippen molar-refractivity contribution < 1.29 is 4.74 Å². The third-order valence-corrected chi connectivity index (χ3v) is 6.09. The van der Waals surface area contributed by atoms with Crippen molar-refractivity contribution >= 4 is 28.9 Å². The molecule has 4 aromatic rings. The number of fused-ring (bicyclic) bond motifs is 3. The Balaban J connectivity index is 1.85. The summed E-state index contributed by atoms with van der Waals surface area (Å²) in [7, 11) is 0. The molecule has 30 heavy (non-hydrogen) atoms. The molecule has 0 unspecified atom stereocenters. The summed E-state index contributed by atoms with van der Waals surface area (Å²) in [5, 5.41) is 5.45. The van der Waals surface area contributed by atoms with E-state index in [1.54, 1.807) is 4.57 Å². The second-order valence-electron chi connectivity index (χ2n) is 7.69. The van der Waals surface area contributed by atoms with Crippen LogP contribution in [0.4, 0.5) is 0 Å². The first kappa shape index (κ1) is 19.2. The maximum Gasteiger partial charge on any atom is 0.267 e. The first-order chi connectivity index (χ1) is 14.6. The summed E-state index contributed by atoms with van der Waals surface area (Å²) in [6.45, 7) is 7.67. The van der Waals surface area contributed by atoms with Gasteiger partial charge < -0.3 is 4.74 Å². The van der Waals surface area contributed by atoms with Crippen LogP contribution in [0.15, 0.2) is 47.3 Å². The van der Waals surface area contributed by atoms with Gasteiger partial charge in [0.2, 0.25) is 10.5 Å². The number of benzene rings is 2. The maximum absolute atomic E-state index is 13.6. The average Bonchev–Trinajstić information content (AvgIpc) is 3.07. The zero-order valence-electron chi connectivity index (χ0n) is 17.0. The van der Waals surface area contributed by atoms with Crippen LogP contribution < -0.4 is 5.56 Å². The van der Waals surface area contributed by atoms with Gasteiger partial charge in [-0.15, -0.1) is 5.10 Å². The molecule has 0 spiro atoms. The van der Waals surface area contributed by atoms with Crippen molar-refractivity contribution in [1.82, 2.24) is 23.6 Å². The van der Waals surface area contributed by atoms with Gasteiger partial charge in [-0.2, -0.15) is 0 Å². The fourth-order valence-electron chi connectivity index (χ4n) is 4.20. The molecule has 0 aliphatic carbocycles. The van der Waals surface area contributed by atoms with E-state index < -0.39 is 0 Å². The molecule has 0 amide bonds. The van der Waals surface area contributed by atoms with Crippen LogP contribution in [0.25, 0.3) is 22.4 Å². The van der Waals surface area contributed by atoms with E-state index in [9.17, 15) is 4.79 Å². The summed E-state index contributed by atoms with van der Waals surface area (Å²) in [5.74, 6) is 0.536. The maximum atomic E-state index is 13.6. The summed E-state index contributed by atoms with van der Waals surface area (Å²) < 4.78 is 11.5. The van der Waals surface area contributed by atoms with Crippen molar-refractivity contribution in [1.29, 1.82) is 0 Å². The van der Waals surface area contributed by atoms with Crippen molar-refractivity contribution in [2.75, 3.05) is 26.3 Å². The summed E-state index contributed by atoms with van der Waals surface area (Å²) in [6.07, 6.45) is 0. The lowest BCUT2D eigenvalue weighted by Crippen LogP contribution is -2.37.